The molecule has 5 aliphatic heterocycles. The lowest BCUT2D eigenvalue weighted by Crippen LogP contribution is -2.52. The number of aromatic nitrogens is 4. The fraction of sp³-hybridized carbons (Fsp3) is 0.465. The lowest BCUT2D eigenvalue weighted by molar-refractivity contribution is -0.136. The average Bonchev–Trinajstić information content (AvgIpc) is 3.96. The van der Waals surface area contributed by atoms with Gasteiger partial charge in [0.2, 0.25) is 11.8 Å². The summed E-state index contributed by atoms with van der Waals surface area (Å²) in [4.78, 5) is 68.2. The SMILES string of the molecule is O=C1CCC(N2Cc3ccc(N4CCC(CN5CCC(n6cc7cc(NC(=O)c8csc9cncnc89)c(N8CCCC(F)C8)cc7n6)CC5)CC4)cc3C2=O)C(=O)N1. The second kappa shape index (κ2) is 15.6. The van der Waals surface area contributed by atoms with Crippen LogP contribution < -0.4 is 20.4 Å². The van der Waals surface area contributed by atoms with Crippen LogP contribution >= 0.6 is 11.3 Å². The number of carbonyl (C=O) groups is 4. The lowest BCUT2D eigenvalue weighted by Gasteiger charge is -2.38. The predicted molar refractivity (Wildman–Crippen MR) is 224 cm³/mol. The number of nitrogens with zero attached hydrogens (tertiary/aromatic N) is 8. The molecule has 0 spiro atoms. The van der Waals surface area contributed by atoms with Crippen molar-refractivity contribution in [1.29, 1.82) is 0 Å². The van der Waals surface area contributed by atoms with Crippen LogP contribution in [0.5, 0.6) is 0 Å². The highest BCUT2D eigenvalue weighted by molar-refractivity contribution is 7.17. The number of alkyl halides is 1. The number of amides is 4. The van der Waals surface area contributed by atoms with Gasteiger partial charge in [0.15, 0.2) is 0 Å². The molecule has 8 heterocycles. The molecule has 0 saturated carbocycles. The number of anilines is 3. The summed E-state index contributed by atoms with van der Waals surface area (Å²) in [5.41, 5.74) is 6.01. The largest absolute Gasteiger partial charge is 0.371 e. The van der Waals surface area contributed by atoms with Gasteiger partial charge in [-0.2, -0.15) is 5.10 Å². The van der Waals surface area contributed by atoms with Gasteiger partial charge in [-0.25, -0.2) is 14.4 Å². The van der Waals surface area contributed by atoms with Gasteiger partial charge in [-0.05, 0) is 80.7 Å². The zero-order valence-electron chi connectivity index (χ0n) is 32.8. The molecule has 306 valence electrons. The van der Waals surface area contributed by atoms with E-state index in [1.165, 1.54) is 17.7 Å². The van der Waals surface area contributed by atoms with Gasteiger partial charge < -0.3 is 24.9 Å². The Balaban J connectivity index is 0.760. The first-order chi connectivity index (χ1) is 28.7. The number of carbonyl (C=O) groups excluding carboxylic acids is 4. The van der Waals surface area contributed by atoms with Crippen molar-refractivity contribution in [2.45, 2.75) is 76.2 Å². The Morgan fingerprint density at radius 3 is 2.63 bits per heavy atom. The summed E-state index contributed by atoms with van der Waals surface area (Å²) in [7, 11) is 0. The van der Waals surface area contributed by atoms with Crippen LogP contribution in [0.3, 0.4) is 0 Å². The van der Waals surface area contributed by atoms with E-state index in [2.05, 4.69) is 47.3 Å². The Hall–Kier alpha value is -5.48. The molecule has 2 N–H and O–H groups in total. The topological polar surface area (TPSA) is 149 Å². The minimum absolute atomic E-state index is 0.135. The van der Waals surface area contributed by atoms with Crippen molar-refractivity contribution in [3.05, 3.63) is 71.1 Å². The molecule has 14 nitrogen and oxygen atoms in total. The zero-order valence-corrected chi connectivity index (χ0v) is 33.6. The van der Waals surface area contributed by atoms with E-state index in [9.17, 15) is 23.6 Å². The molecule has 16 heteroatoms. The molecule has 2 atom stereocenters. The van der Waals surface area contributed by atoms with Gasteiger partial charge in [-0.1, -0.05) is 6.07 Å². The van der Waals surface area contributed by atoms with Crippen molar-refractivity contribution in [3.8, 4) is 0 Å². The number of fused-ring (bicyclic) bond motifs is 3. The highest BCUT2D eigenvalue weighted by Crippen LogP contribution is 2.37. The van der Waals surface area contributed by atoms with Crippen LogP contribution in [0.1, 0.15) is 83.7 Å². The third kappa shape index (κ3) is 7.41. The summed E-state index contributed by atoms with van der Waals surface area (Å²) in [5.74, 6) is -0.460. The third-order valence-corrected chi connectivity index (χ3v) is 13.9. The van der Waals surface area contributed by atoms with Crippen molar-refractivity contribution >= 4 is 73.1 Å². The number of benzene rings is 2. The van der Waals surface area contributed by atoms with Crippen molar-refractivity contribution in [3.63, 3.8) is 0 Å². The Morgan fingerprint density at radius 1 is 0.966 bits per heavy atom. The van der Waals surface area contributed by atoms with Crippen LogP contribution in [0.2, 0.25) is 0 Å². The Kier molecular flexibility index (Phi) is 9.99. The van der Waals surface area contributed by atoms with Crippen LogP contribution in [0.4, 0.5) is 21.5 Å². The van der Waals surface area contributed by atoms with Gasteiger partial charge in [0.25, 0.3) is 11.8 Å². The molecule has 4 saturated heterocycles. The summed E-state index contributed by atoms with van der Waals surface area (Å²) in [6.07, 6.45) is 10.4. The first kappa shape index (κ1) is 37.8. The highest BCUT2D eigenvalue weighted by Gasteiger charge is 2.39. The number of rotatable bonds is 8. The van der Waals surface area contributed by atoms with E-state index in [0.717, 1.165) is 97.4 Å². The van der Waals surface area contributed by atoms with Crippen molar-refractivity contribution in [1.82, 2.24) is 34.9 Å². The maximum atomic E-state index is 14.7. The first-order valence-electron chi connectivity index (χ1n) is 20.9. The molecule has 0 bridgehead atoms. The van der Waals surface area contributed by atoms with E-state index in [4.69, 9.17) is 5.10 Å². The molecule has 59 heavy (non-hydrogen) atoms. The molecule has 5 aliphatic rings. The first-order valence-corrected chi connectivity index (χ1v) is 21.8. The van der Waals surface area contributed by atoms with Gasteiger partial charge in [-0.3, -0.25) is 29.2 Å². The Bertz CT molecular complexity index is 2450. The van der Waals surface area contributed by atoms with Gasteiger partial charge in [-0.15, -0.1) is 11.3 Å². The quantitative estimate of drug-likeness (QED) is 0.191. The van der Waals surface area contributed by atoms with Crippen LogP contribution in [0, 0.1) is 5.92 Å². The number of halogens is 1. The molecule has 0 aliphatic carbocycles. The molecule has 10 rings (SSSR count). The normalized spacial score (nSPS) is 22.4. The number of hydrogen-bond acceptors (Lipinski definition) is 11. The van der Waals surface area contributed by atoms with Crippen LogP contribution in [-0.2, 0) is 16.1 Å². The molecule has 3 aromatic heterocycles. The van der Waals surface area contributed by atoms with Crippen LogP contribution in [-0.4, -0.2) is 111 Å². The van der Waals surface area contributed by atoms with Crippen LogP contribution in [0.15, 0.2) is 54.4 Å². The summed E-state index contributed by atoms with van der Waals surface area (Å²) < 4.78 is 17.6. The summed E-state index contributed by atoms with van der Waals surface area (Å²) >= 11 is 1.43. The van der Waals surface area contributed by atoms with Crippen molar-refractivity contribution in [2.24, 2.45) is 5.92 Å². The van der Waals surface area contributed by atoms with Gasteiger partial charge >= 0.3 is 0 Å². The summed E-state index contributed by atoms with van der Waals surface area (Å²) in [6, 6.07) is 9.74. The Labute approximate surface area is 344 Å². The zero-order chi connectivity index (χ0) is 40.2. The maximum absolute atomic E-state index is 14.7. The minimum atomic E-state index is -0.922. The molecular weight excluding hydrogens is 772 g/mol. The highest BCUT2D eigenvalue weighted by atomic mass is 32.1. The molecule has 4 fully saturated rings. The second-order valence-electron chi connectivity index (χ2n) is 16.8. The average molecular weight is 819 g/mol. The number of thiophene rings is 1. The number of likely N-dealkylation sites (tertiary alicyclic amines) is 1. The number of hydrogen-bond donors (Lipinski definition) is 2. The third-order valence-electron chi connectivity index (χ3n) is 13.0. The predicted octanol–water partition coefficient (Wildman–Crippen LogP) is 5.55. The molecule has 2 unspecified atom stereocenters. The van der Waals surface area contributed by atoms with E-state index in [1.54, 1.807) is 16.5 Å². The van der Waals surface area contributed by atoms with E-state index in [0.29, 0.717) is 54.2 Å². The van der Waals surface area contributed by atoms with Gasteiger partial charge in [0.1, 0.15) is 18.5 Å². The Morgan fingerprint density at radius 2 is 1.81 bits per heavy atom. The van der Waals surface area contributed by atoms with E-state index < -0.39 is 12.2 Å². The summed E-state index contributed by atoms with van der Waals surface area (Å²) in [6.45, 7) is 6.29. The van der Waals surface area contributed by atoms with Gasteiger partial charge in [0.05, 0.1) is 38.7 Å². The van der Waals surface area contributed by atoms with Crippen LogP contribution in [0.25, 0.3) is 21.1 Å². The van der Waals surface area contributed by atoms with E-state index in [1.807, 2.05) is 29.2 Å². The van der Waals surface area contributed by atoms with E-state index >= 15 is 0 Å². The summed E-state index contributed by atoms with van der Waals surface area (Å²) in [5, 5.41) is 13.3. The molecule has 0 radical (unpaired) electrons. The van der Waals surface area contributed by atoms with Crippen molar-refractivity contribution in [2.75, 3.05) is 60.9 Å². The molecule has 2 aromatic carbocycles. The fourth-order valence-electron chi connectivity index (χ4n) is 9.75. The number of piperidine rings is 4. The van der Waals surface area contributed by atoms with E-state index in [-0.39, 0.29) is 42.6 Å². The molecular formula is C43H47FN10O4S. The fourth-order valence-corrected chi connectivity index (χ4v) is 10.6. The lowest BCUT2D eigenvalue weighted by atomic mass is 9.94. The molecule has 4 amide bonds. The van der Waals surface area contributed by atoms with Crippen molar-refractivity contribution < 1.29 is 23.6 Å². The standard InChI is InChI=1S/C43H47FN10O4S/c44-29-2-1-11-52(23-29)37-18-34-28(16-35(37)47-41(56)33-24-59-38-19-45-25-46-40(33)38)22-54(49-34)30-9-12-50(13-10-30)20-26-7-14-51(15-8-26)31-4-3-27-21-53(43(58)32(27)17-31)36-5-6-39(55)48-42(36)57/h3-4,16-19,22,24-26,29-30,36H,1-2,5-15,20-21,23H2,(H,47,56)(H,48,55,57). The van der Waals surface area contributed by atoms with Gasteiger partial charge in [0, 0.05) is 93.2 Å². The number of nitrogens with one attached hydrogen (secondary N) is 2. The maximum Gasteiger partial charge on any atom is 0.258 e. The minimum Gasteiger partial charge on any atom is -0.371 e. The second-order valence-corrected chi connectivity index (χ2v) is 17.7. The smallest absolute Gasteiger partial charge is 0.258 e. The molecule has 5 aromatic rings. The number of imide groups is 1. The monoisotopic (exact) mass is 818 g/mol.